The number of hydrogen-bond donors (Lipinski definition) is 1. The molecule has 1 atom stereocenters. The first kappa shape index (κ1) is 16.5. The molecule has 1 fully saturated rings. The first-order chi connectivity index (χ1) is 9.96. The molecule has 21 heavy (non-hydrogen) atoms. The molecular formula is C16H26N2O2S. The third-order valence-corrected chi connectivity index (χ3v) is 6.19. The Morgan fingerprint density at radius 2 is 2.00 bits per heavy atom. The van der Waals surface area contributed by atoms with Gasteiger partial charge in [-0.2, -0.15) is 4.31 Å². The van der Waals surface area contributed by atoms with Crippen molar-refractivity contribution in [2.24, 2.45) is 0 Å². The van der Waals surface area contributed by atoms with Crippen molar-refractivity contribution < 1.29 is 8.42 Å². The van der Waals surface area contributed by atoms with Crippen LogP contribution in [0.5, 0.6) is 0 Å². The van der Waals surface area contributed by atoms with Crippen LogP contribution in [0.4, 0.5) is 0 Å². The summed E-state index contributed by atoms with van der Waals surface area (Å²) in [4.78, 5) is 0.434. The highest BCUT2D eigenvalue weighted by molar-refractivity contribution is 7.89. The lowest BCUT2D eigenvalue weighted by atomic mass is 10.2. The molecule has 1 aromatic carbocycles. The van der Waals surface area contributed by atoms with Gasteiger partial charge in [0.25, 0.3) is 0 Å². The second-order valence-corrected chi connectivity index (χ2v) is 7.89. The zero-order chi connectivity index (χ0) is 15.5. The van der Waals surface area contributed by atoms with Gasteiger partial charge in [-0.3, -0.25) is 0 Å². The summed E-state index contributed by atoms with van der Waals surface area (Å²) in [7, 11) is -1.74. The fraction of sp³-hybridized carbons (Fsp3) is 0.625. The Kier molecular flexibility index (Phi) is 5.41. The van der Waals surface area contributed by atoms with Crippen molar-refractivity contribution in [3.63, 3.8) is 0 Å². The second kappa shape index (κ2) is 6.90. The van der Waals surface area contributed by atoms with Gasteiger partial charge in [-0.1, -0.05) is 31.5 Å². The van der Waals surface area contributed by atoms with Crippen LogP contribution in [0.1, 0.15) is 45.1 Å². The SMILES string of the molecule is CCCC(C)N(C)S(=O)(=O)c1ccccc1CNC1CC1. The number of nitrogens with one attached hydrogen (secondary N) is 1. The minimum absolute atomic E-state index is 0.0180. The fourth-order valence-electron chi connectivity index (χ4n) is 2.43. The maximum atomic E-state index is 12.8. The summed E-state index contributed by atoms with van der Waals surface area (Å²) in [5, 5.41) is 3.40. The van der Waals surface area contributed by atoms with E-state index in [1.54, 1.807) is 19.2 Å². The molecule has 5 heteroatoms. The van der Waals surface area contributed by atoms with Gasteiger partial charge in [0.15, 0.2) is 0 Å². The molecule has 0 amide bonds. The highest BCUT2D eigenvalue weighted by Gasteiger charge is 2.28. The molecule has 1 aromatic rings. The summed E-state index contributed by atoms with van der Waals surface area (Å²) >= 11 is 0. The third kappa shape index (κ3) is 4.05. The molecule has 1 aliphatic rings. The summed E-state index contributed by atoms with van der Waals surface area (Å²) in [6.07, 6.45) is 4.24. The Hall–Kier alpha value is -0.910. The van der Waals surface area contributed by atoms with Crippen molar-refractivity contribution in [2.75, 3.05) is 7.05 Å². The van der Waals surface area contributed by atoms with Gasteiger partial charge in [0.2, 0.25) is 10.0 Å². The largest absolute Gasteiger partial charge is 0.310 e. The Morgan fingerprint density at radius 1 is 1.33 bits per heavy atom. The molecule has 0 bridgehead atoms. The van der Waals surface area contributed by atoms with Crippen molar-refractivity contribution in [1.82, 2.24) is 9.62 Å². The third-order valence-electron chi connectivity index (χ3n) is 4.12. The van der Waals surface area contributed by atoms with Crippen LogP contribution in [0.15, 0.2) is 29.2 Å². The van der Waals surface area contributed by atoms with Crippen LogP contribution in [0, 0.1) is 0 Å². The average Bonchev–Trinajstić information content (AvgIpc) is 3.29. The van der Waals surface area contributed by atoms with E-state index in [-0.39, 0.29) is 6.04 Å². The molecule has 2 rings (SSSR count). The number of rotatable bonds is 8. The summed E-state index contributed by atoms with van der Waals surface area (Å²) in [5.41, 5.74) is 0.861. The van der Waals surface area contributed by atoms with Crippen LogP contribution in [-0.4, -0.2) is 31.9 Å². The quantitative estimate of drug-likeness (QED) is 0.803. The lowest BCUT2D eigenvalue weighted by Crippen LogP contribution is -2.35. The number of benzene rings is 1. The standard InChI is InChI=1S/C16H26N2O2S/c1-4-7-13(2)18(3)21(19,20)16-9-6-5-8-14(16)12-17-15-10-11-15/h5-6,8-9,13,15,17H,4,7,10-12H2,1-3H3. The molecule has 1 saturated carbocycles. The Bertz CT molecular complexity index is 567. The molecule has 118 valence electrons. The van der Waals surface area contributed by atoms with E-state index >= 15 is 0 Å². The van der Waals surface area contributed by atoms with Crippen molar-refractivity contribution in [3.05, 3.63) is 29.8 Å². The van der Waals surface area contributed by atoms with Crippen LogP contribution < -0.4 is 5.32 Å². The fourth-order valence-corrected chi connectivity index (χ4v) is 4.05. The van der Waals surface area contributed by atoms with E-state index in [0.717, 1.165) is 18.4 Å². The van der Waals surface area contributed by atoms with Gasteiger partial charge in [-0.15, -0.1) is 0 Å². The lowest BCUT2D eigenvalue weighted by Gasteiger charge is -2.25. The maximum absolute atomic E-state index is 12.8. The second-order valence-electron chi connectivity index (χ2n) is 5.92. The molecule has 0 radical (unpaired) electrons. The van der Waals surface area contributed by atoms with Gasteiger partial charge in [0, 0.05) is 25.7 Å². The smallest absolute Gasteiger partial charge is 0.243 e. The highest BCUT2D eigenvalue weighted by atomic mass is 32.2. The van der Waals surface area contributed by atoms with Crippen LogP contribution in [0.2, 0.25) is 0 Å². The van der Waals surface area contributed by atoms with Crippen LogP contribution in [0.3, 0.4) is 0 Å². The van der Waals surface area contributed by atoms with Gasteiger partial charge in [-0.05, 0) is 37.8 Å². The van der Waals surface area contributed by atoms with E-state index in [1.807, 2.05) is 19.1 Å². The minimum Gasteiger partial charge on any atom is -0.310 e. The van der Waals surface area contributed by atoms with Crippen molar-refractivity contribution in [3.8, 4) is 0 Å². The number of nitrogens with zero attached hydrogens (tertiary/aromatic N) is 1. The van der Waals surface area contributed by atoms with Crippen molar-refractivity contribution in [2.45, 2.75) is 63.1 Å². The molecule has 0 spiro atoms. The normalized spacial score (nSPS) is 17.1. The van der Waals surface area contributed by atoms with E-state index in [1.165, 1.54) is 17.1 Å². The average molecular weight is 310 g/mol. The molecule has 0 aliphatic heterocycles. The van der Waals surface area contributed by atoms with E-state index in [9.17, 15) is 8.42 Å². The van der Waals surface area contributed by atoms with E-state index in [2.05, 4.69) is 12.2 Å². The zero-order valence-electron chi connectivity index (χ0n) is 13.2. The van der Waals surface area contributed by atoms with Gasteiger partial charge < -0.3 is 5.32 Å². The molecule has 0 aromatic heterocycles. The van der Waals surface area contributed by atoms with Crippen LogP contribution >= 0.6 is 0 Å². The van der Waals surface area contributed by atoms with E-state index < -0.39 is 10.0 Å². The Labute approximate surface area is 128 Å². The maximum Gasteiger partial charge on any atom is 0.243 e. The molecule has 1 unspecified atom stereocenters. The molecular weight excluding hydrogens is 284 g/mol. The van der Waals surface area contributed by atoms with E-state index in [0.29, 0.717) is 17.5 Å². The van der Waals surface area contributed by atoms with E-state index in [4.69, 9.17) is 0 Å². The zero-order valence-corrected chi connectivity index (χ0v) is 14.0. The Morgan fingerprint density at radius 3 is 2.62 bits per heavy atom. The van der Waals surface area contributed by atoms with Crippen LogP contribution in [0.25, 0.3) is 0 Å². The van der Waals surface area contributed by atoms with Gasteiger partial charge >= 0.3 is 0 Å². The summed E-state index contributed by atoms with van der Waals surface area (Å²) < 4.78 is 27.2. The molecule has 1 aliphatic carbocycles. The lowest BCUT2D eigenvalue weighted by molar-refractivity contribution is 0.368. The summed E-state index contributed by atoms with van der Waals surface area (Å²) in [6.45, 7) is 4.66. The van der Waals surface area contributed by atoms with Gasteiger partial charge in [-0.25, -0.2) is 8.42 Å². The number of sulfonamides is 1. The Balaban J connectivity index is 2.21. The molecule has 0 heterocycles. The predicted octanol–water partition coefficient (Wildman–Crippen LogP) is 2.75. The predicted molar refractivity (Wildman–Crippen MR) is 85.6 cm³/mol. The molecule has 1 N–H and O–H groups in total. The van der Waals surface area contributed by atoms with Gasteiger partial charge in [0.1, 0.15) is 0 Å². The van der Waals surface area contributed by atoms with Crippen molar-refractivity contribution in [1.29, 1.82) is 0 Å². The first-order valence-corrected chi connectivity index (χ1v) is 9.20. The van der Waals surface area contributed by atoms with Crippen LogP contribution in [-0.2, 0) is 16.6 Å². The van der Waals surface area contributed by atoms with Crippen molar-refractivity contribution >= 4 is 10.0 Å². The molecule has 4 nitrogen and oxygen atoms in total. The minimum atomic E-state index is -3.43. The topological polar surface area (TPSA) is 49.4 Å². The molecule has 0 saturated heterocycles. The summed E-state index contributed by atoms with van der Waals surface area (Å²) in [5.74, 6) is 0. The summed E-state index contributed by atoms with van der Waals surface area (Å²) in [6, 6.07) is 7.90. The highest BCUT2D eigenvalue weighted by Crippen LogP contribution is 2.24. The number of hydrogen-bond acceptors (Lipinski definition) is 3. The van der Waals surface area contributed by atoms with Gasteiger partial charge in [0.05, 0.1) is 4.90 Å². The first-order valence-electron chi connectivity index (χ1n) is 7.76. The monoisotopic (exact) mass is 310 g/mol.